The number of ether oxygens (including phenoxy) is 1. The molecule has 0 spiro atoms. The number of halogens is 1. The summed E-state index contributed by atoms with van der Waals surface area (Å²) in [7, 11) is 0. The van der Waals surface area contributed by atoms with Gasteiger partial charge in [0.2, 0.25) is 5.24 Å². The summed E-state index contributed by atoms with van der Waals surface area (Å²) < 4.78 is 5.39. The van der Waals surface area contributed by atoms with Crippen LogP contribution in [0.3, 0.4) is 0 Å². The summed E-state index contributed by atoms with van der Waals surface area (Å²) in [5.74, 6) is -0.181. The first-order valence-corrected chi connectivity index (χ1v) is 9.94. The molecule has 1 atom stereocenters. The van der Waals surface area contributed by atoms with Crippen LogP contribution in [0, 0.1) is 0 Å². The predicted octanol–water partition coefficient (Wildman–Crippen LogP) is 6.33. The summed E-state index contributed by atoms with van der Waals surface area (Å²) >= 11 is 5.30. The fourth-order valence-corrected chi connectivity index (χ4v) is 2.81. The van der Waals surface area contributed by atoms with Gasteiger partial charge in [-0.05, 0) is 43.7 Å². The van der Waals surface area contributed by atoms with E-state index in [0.717, 1.165) is 44.9 Å². The number of hydrogen-bond acceptors (Lipinski definition) is 3. The fraction of sp³-hybridized carbons (Fsp3) is 0.800. The second-order valence-electron chi connectivity index (χ2n) is 6.45. The van der Waals surface area contributed by atoms with Gasteiger partial charge >= 0.3 is 5.97 Å². The Labute approximate surface area is 153 Å². The van der Waals surface area contributed by atoms with Crippen LogP contribution in [-0.4, -0.2) is 17.3 Å². The van der Waals surface area contributed by atoms with Crippen molar-refractivity contribution in [3.05, 3.63) is 12.2 Å². The van der Waals surface area contributed by atoms with E-state index in [9.17, 15) is 9.59 Å². The molecule has 0 saturated heterocycles. The lowest BCUT2D eigenvalue weighted by atomic mass is 10.1. The molecule has 0 fully saturated rings. The van der Waals surface area contributed by atoms with Gasteiger partial charge in [0.1, 0.15) is 6.10 Å². The SMILES string of the molecule is CCCCCCC(CC=CCCCCCCCC(=O)Cl)OC(C)=O. The van der Waals surface area contributed by atoms with Gasteiger partial charge in [0.05, 0.1) is 0 Å². The van der Waals surface area contributed by atoms with Gasteiger partial charge in [-0.15, -0.1) is 0 Å². The quantitative estimate of drug-likeness (QED) is 0.140. The zero-order valence-corrected chi connectivity index (χ0v) is 16.3. The maximum absolute atomic E-state index is 11.2. The molecule has 0 N–H and O–H groups in total. The van der Waals surface area contributed by atoms with Crippen molar-refractivity contribution >= 4 is 22.8 Å². The molecule has 1 unspecified atom stereocenters. The first-order valence-electron chi connectivity index (χ1n) is 9.56. The lowest BCUT2D eigenvalue weighted by molar-refractivity contribution is -0.146. The van der Waals surface area contributed by atoms with Gasteiger partial charge in [-0.1, -0.05) is 57.6 Å². The minimum atomic E-state index is -0.227. The minimum absolute atomic E-state index is 0.0312. The number of hydrogen-bond donors (Lipinski definition) is 0. The lowest BCUT2D eigenvalue weighted by Crippen LogP contribution is -2.15. The molecular weight excluding hydrogens is 324 g/mol. The molecule has 0 aromatic heterocycles. The summed E-state index contributed by atoms with van der Waals surface area (Å²) in [5, 5.41) is -0.227. The van der Waals surface area contributed by atoms with E-state index in [-0.39, 0.29) is 17.3 Å². The molecule has 0 bridgehead atoms. The summed E-state index contributed by atoms with van der Waals surface area (Å²) in [6.07, 6.45) is 18.0. The summed E-state index contributed by atoms with van der Waals surface area (Å²) in [4.78, 5) is 21.8. The third-order valence-electron chi connectivity index (χ3n) is 4.02. The van der Waals surface area contributed by atoms with Gasteiger partial charge in [0.15, 0.2) is 0 Å². The van der Waals surface area contributed by atoms with E-state index < -0.39 is 0 Å². The van der Waals surface area contributed by atoms with Gasteiger partial charge in [0, 0.05) is 19.8 Å². The van der Waals surface area contributed by atoms with E-state index in [4.69, 9.17) is 16.3 Å². The van der Waals surface area contributed by atoms with Crippen LogP contribution < -0.4 is 0 Å². The molecule has 140 valence electrons. The number of carbonyl (C=O) groups is 2. The van der Waals surface area contributed by atoms with E-state index in [1.165, 1.54) is 39.0 Å². The van der Waals surface area contributed by atoms with Crippen LogP contribution in [0.25, 0.3) is 0 Å². The van der Waals surface area contributed by atoms with Crippen molar-refractivity contribution < 1.29 is 14.3 Å². The van der Waals surface area contributed by atoms with Crippen molar-refractivity contribution in [3.8, 4) is 0 Å². The Bertz CT molecular complexity index is 353. The molecule has 0 radical (unpaired) electrons. The molecule has 3 nitrogen and oxygen atoms in total. The van der Waals surface area contributed by atoms with E-state index in [1.807, 2.05) is 0 Å². The number of rotatable bonds is 16. The zero-order valence-electron chi connectivity index (χ0n) is 15.5. The molecule has 24 heavy (non-hydrogen) atoms. The van der Waals surface area contributed by atoms with Gasteiger partial charge < -0.3 is 4.74 Å². The average molecular weight is 359 g/mol. The fourth-order valence-electron chi connectivity index (χ4n) is 2.68. The Hall–Kier alpha value is -0.830. The first kappa shape index (κ1) is 23.2. The minimum Gasteiger partial charge on any atom is -0.462 e. The average Bonchev–Trinajstić information content (AvgIpc) is 2.52. The van der Waals surface area contributed by atoms with Crippen molar-refractivity contribution in [2.24, 2.45) is 0 Å². The van der Waals surface area contributed by atoms with Crippen LogP contribution in [-0.2, 0) is 14.3 Å². The van der Waals surface area contributed by atoms with Gasteiger partial charge in [0.25, 0.3) is 0 Å². The third kappa shape index (κ3) is 17.5. The molecule has 0 heterocycles. The maximum atomic E-state index is 11.2. The monoisotopic (exact) mass is 358 g/mol. The third-order valence-corrected chi connectivity index (χ3v) is 4.21. The lowest BCUT2D eigenvalue weighted by Gasteiger charge is -2.15. The summed E-state index contributed by atoms with van der Waals surface area (Å²) in [5.41, 5.74) is 0. The predicted molar refractivity (Wildman–Crippen MR) is 101 cm³/mol. The highest BCUT2D eigenvalue weighted by Crippen LogP contribution is 2.13. The van der Waals surface area contributed by atoms with Crippen LogP contribution in [0.15, 0.2) is 12.2 Å². The van der Waals surface area contributed by atoms with Crippen LogP contribution in [0.4, 0.5) is 0 Å². The second kappa shape index (κ2) is 17.0. The molecule has 0 saturated carbocycles. The summed E-state index contributed by atoms with van der Waals surface area (Å²) in [6.45, 7) is 3.68. The molecular formula is C20H35ClO3. The first-order chi connectivity index (χ1) is 11.6. The van der Waals surface area contributed by atoms with Gasteiger partial charge in [-0.25, -0.2) is 0 Å². The number of esters is 1. The van der Waals surface area contributed by atoms with Crippen molar-refractivity contribution in [2.45, 2.75) is 103 Å². The number of carbonyl (C=O) groups excluding carboxylic acids is 2. The Morgan fingerprint density at radius 1 is 0.958 bits per heavy atom. The zero-order chi connectivity index (χ0) is 18.0. The standard InChI is InChI=1S/C20H35ClO3/c1-3-4-5-12-15-19(24-18(2)22)16-13-10-8-6-7-9-11-14-17-20(21)23/h10,13,19H,3-9,11-12,14-17H2,1-2H3. The Kier molecular flexibility index (Phi) is 16.4. The Balaban J connectivity index is 3.69. The molecule has 4 heteroatoms. The van der Waals surface area contributed by atoms with E-state index in [1.54, 1.807) is 0 Å². The highest BCUT2D eigenvalue weighted by atomic mass is 35.5. The van der Waals surface area contributed by atoms with Crippen LogP contribution >= 0.6 is 11.6 Å². The molecule has 0 aliphatic heterocycles. The highest BCUT2D eigenvalue weighted by Gasteiger charge is 2.09. The van der Waals surface area contributed by atoms with Crippen LogP contribution in [0.2, 0.25) is 0 Å². The normalized spacial score (nSPS) is 12.5. The maximum Gasteiger partial charge on any atom is 0.302 e. The molecule has 0 aliphatic carbocycles. The largest absolute Gasteiger partial charge is 0.462 e. The van der Waals surface area contributed by atoms with Crippen molar-refractivity contribution in [1.29, 1.82) is 0 Å². The number of allylic oxidation sites excluding steroid dienone is 1. The Morgan fingerprint density at radius 3 is 2.29 bits per heavy atom. The van der Waals surface area contributed by atoms with Crippen molar-refractivity contribution in [3.63, 3.8) is 0 Å². The second-order valence-corrected chi connectivity index (χ2v) is 6.87. The van der Waals surface area contributed by atoms with Crippen molar-refractivity contribution in [2.75, 3.05) is 0 Å². The van der Waals surface area contributed by atoms with Gasteiger partial charge in [-0.3, -0.25) is 9.59 Å². The van der Waals surface area contributed by atoms with Crippen LogP contribution in [0.5, 0.6) is 0 Å². The molecule has 0 amide bonds. The van der Waals surface area contributed by atoms with E-state index in [2.05, 4.69) is 19.1 Å². The number of unbranched alkanes of at least 4 members (excludes halogenated alkanes) is 8. The topological polar surface area (TPSA) is 43.4 Å². The summed E-state index contributed by atoms with van der Waals surface area (Å²) in [6, 6.07) is 0. The molecule has 0 aromatic carbocycles. The molecule has 0 aromatic rings. The van der Waals surface area contributed by atoms with E-state index >= 15 is 0 Å². The highest BCUT2D eigenvalue weighted by molar-refractivity contribution is 6.63. The van der Waals surface area contributed by atoms with E-state index in [0.29, 0.717) is 6.42 Å². The molecule has 0 aliphatic rings. The molecule has 0 rings (SSSR count). The Morgan fingerprint density at radius 2 is 1.62 bits per heavy atom. The van der Waals surface area contributed by atoms with Gasteiger partial charge in [-0.2, -0.15) is 0 Å². The van der Waals surface area contributed by atoms with Crippen LogP contribution in [0.1, 0.15) is 97.3 Å². The van der Waals surface area contributed by atoms with Crippen molar-refractivity contribution in [1.82, 2.24) is 0 Å². The smallest absolute Gasteiger partial charge is 0.302 e.